The molecule has 27 heavy (non-hydrogen) atoms. The van der Waals surface area contributed by atoms with Crippen molar-refractivity contribution in [3.8, 4) is 0 Å². The summed E-state index contributed by atoms with van der Waals surface area (Å²) in [6.07, 6.45) is 0.826. The molecule has 0 aromatic heterocycles. The van der Waals surface area contributed by atoms with Gasteiger partial charge in [-0.05, 0) is 42.2 Å². The fraction of sp³-hybridized carbons (Fsp3) is 0.350. The highest BCUT2D eigenvalue weighted by Crippen LogP contribution is 2.48. The Kier molecular flexibility index (Phi) is 4.51. The number of hydrogen-bond acceptors (Lipinski definition) is 4. The predicted molar refractivity (Wildman–Crippen MR) is 99.1 cm³/mol. The Morgan fingerprint density at radius 3 is 2.22 bits per heavy atom. The summed E-state index contributed by atoms with van der Waals surface area (Å²) >= 11 is 0. The number of hydrogen-bond donors (Lipinski definition) is 0. The molecular formula is C20H20FN3O3. The van der Waals surface area contributed by atoms with Gasteiger partial charge in [-0.15, -0.1) is 0 Å². The van der Waals surface area contributed by atoms with Gasteiger partial charge in [-0.25, -0.2) is 4.39 Å². The van der Waals surface area contributed by atoms with E-state index in [4.69, 9.17) is 0 Å². The van der Waals surface area contributed by atoms with Crippen molar-refractivity contribution in [1.29, 1.82) is 0 Å². The predicted octanol–water partition coefficient (Wildman–Crippen LogP) is 3.19. The van der Waals surface area contributed by atoms with Gasteiger partial charge < -0.3 is 9.80 Å². The van der Waals surface area contributed by atoms with Crippen molar-refractivity contribution >= 4 is 17.3 Å². The van der Waals surface area contributed by atoms with E-state index in [-0.39, 0.29) is 29.2 Å². The monoisotopic (exact) mass is 369 g/mol. The molecule has 2 fully saturated rings. The number of rotatable bonds is 4. The van der Waals surface area contributed by atoms with Gasteiger partial charge in [0.1, 0.15) is 5.82 Å². The van der Waals surface area contributed by atoms with Gasteiger partial charge in [0.05, 0.1) is 4.92 Å². The van der Waals surface area contributed by atoms with Crippen LogP contribution in [-0.4, -0.2) is 41.9 Å². The van der Waals surface area contributed by atoms with E-state index in [1.165, 1.54) is 24.3 Å². The molecule has 2 aromatic rings. The molecule has 1 amide bonds. The molecule has 0 bridgehead atoms. The molecular weight excluding hydrogens is 349 g/mol. The Morgan fingerprint density at radius 1 is 1.00 bits per heavy atom. The first kappa shape index (κ1) is 17.5. The van der Waals surface area contributed by atoms with Crippen LogP contribution >= 0.6 is 0 Å². The van der Waals surface area contributed by atoms with E-state index in [2.05, 4.69) is 4.90 Å². The molecule has 4 rings (SSSR count). The molecule has 1 aliphatic carbocycles. The lowest BCUT2D eigenvalue weighted by atomic mass is 10.1. The van der Waals surface area contributed by atoms with Crippen molar-refractivity contribution in [2.45, 2.75) is 12.3 Å². The molecule has 2 aromatic carbocycles. The van der Waals surface area contributed by atoms with Gasteiger partial charge in [-0.3, -0.25) is 14.9 Å². The second-order valence-corrected chi connectivity index (χ2v) is 7.09. The number of halogens is 1. The maximum Gasteiger partial charge on any atom is 0.269 e. The van der Waals surface area contributed by atoms with Crippen LogP contribution in [0.3, 0.4) is 0 Å². The average Bonchev–Trinajstić information content (AvgIpc) is 3.49. The van der Waals surface area contributed by atoms with Crippen molar-refractivity contribution in [3.63, 3.8) is 0 Å². The molecule has 1 heterocycles. The molecule has 1 saturated carbocycles. The third kappa shape index (κ3) is 3.63. The van der Waals surface area contributed by atoms with Gasteiger partial charge in [-0.2, -0.15) is 0 Å². The van der Waals surface area contributed by atoms with Crippen LogP contribution in [-0.2, 0) is 4.79 Å². The minimum Gasteiger partial charge on any atom is -0.368 e. The van der Waals surface area contributed by atoms with Gasteiger partial charge in [0, 0.05) is 49.9 Å². The number of amides is 1. The Morgan fingerprint density at radius 2 is 1.63 bits per heavy atom. The van der Waals surface area contributed by atoms with Gasteiger partial charge in [-0.1, -0.05) is 12.1 Å². The zero-order valence-corrected chi connectivity index (χ0v) is 14.8. The first-order valence-electron chi connectivity index (χ1n) is 9.06. The van der Waals surface area contributed by atoms with Crippen molar-refractivity contribution in [2.75, 3.05) is 31.1 Å². The van der Waals surface area contributed by atoms with Gasteiger partial charge in [0.25, 0.3) is 5.69 Å². The topological polar surface area (TPSA) is 66.7 Å². The normalized spacial score (nSPS) is 21.8. The molecule has 7 heteroatoms. The molecule has 1 saturated heterocycles. The standard InChI is InChI=1S/C20H20FN3O3/c21-15-3-1-14(2-4-15)18-13-19(18)20(25)23-11-9-22(10-12-23)16-5-7-17(8-6-16)24(26)27/h1-8,18-19H,9-13H2. The highest BCUT2D eigenvalue weighted by molar-refractivity contribution is 5.83. The molecule has 1 aliphatic heterocycles. The van der Waals surface area contributed by atoms with E-state index >= 15 is 0 Å². The van der Waals surface area contributed by atoms with E-state index in [0.29, 0.717) is 26.2 Å². The number of benzene rings is 2. The summed E-state index contributed by atoms with van der Waals surface area (Å²) in [6.45, 7) is 2.69. The molecule has 0 N–H and O–H groups in total. The van der Waals surface area contributed by atoms with Crippen LogP contribution in [0, 0.1) is 21.8 Å². The zero-order valence-electron chi connectivity index (χ0n) is 14.8. The van der Waals surface area contributed by atoms with E-state index in [1.807, 2.05) is 4.90 Å². The summed E-state index contributed by atoms with van der Waals surface area (Å²) in [5, 5.41) is 10.8. The number of nitro benzene ring substituents is 1. The minimum atomic E-state index is -0.409. The molecule has 2 unspecified atom stereocenters. The molecule has 140 valence electrons. The van der Waals surface area contributed by atoms with Crippen LogP contribution in [0.2, 0.25) is 0 Å². The van der Waals surface area contributed by atoms with Gasteiger partial charge in [0.2, 0.25) is 5.91 Å². The molecule has 6 nitrogen and oxygen atoms in total. The minimum absolute atomic E-state index is 0.00128. The first-order chi connectivity index (χ1) is 13.0. The van der Waals surface area contributed by atoms with Crippen LogP contribution in [0.4, 0.5) is 15.8 Å². The lowest BCUT2D eigenvalue weighted by Crippen LogP contribution is -2.49. The van der Waals surface area contributed by atoms with Crippen LogP contribution < -0.4 is 4.90 Å². The first-order valence-corrected chi connectivity index (χ1v) is 9.06. The third-order valence-electron chi connectivity index (χ3n) is 5.42. The number of nitrogens with zero attached hydrogens (tertiary/aromatic N) is 3. The number of anilines is 1. The maximum absolute atomic E-state index is 13.0. The van der Waals surface area contributed by atoms with Crippen molar-refractivity contribution in [2.24, 2.45) is 5.92 Å². The van der Waals surface area contributed by atoms with E-state index in [1.54, 1.807) is 24.3 Å². The Bertz CT molecular complexity index is 846. The number of carbonyl (C=O) groups excluding carboxylic acids is 1. The van der Waals surface area contributed by atoms with Crippen LogP contribution in [0.25, 0.3) is 0 Å². The summed E-state index contributed by atoms with van der Waals surface area (Å²) in [5.41, 5.74) is 2.04. The number of piperazine rings is 1. The number of carbonyl (C=O) groups is 1. The fourth-order valence-corrected chi connectivity index (χ4v) is 3.75. The summed E-state index contributed by atoms with van der Waals surface area (Å²) in [5.74, 6) is 0.115. The van der Waals surface area contributed by atoms with E-state index in [0.717, 1.165) is 17.7 Å². The second kappa shape index (κ2) is 6.98. The van der Waals surface area contributed by atoms with Crippen LogP contribution in [0.1, 0.15) is 17.9 Å². The lowest BCUT2D eigenvalue weighted by Gasteiger charge is -2.36. The molecule has 0 radical (unpaired) electrons. The third-order valence-corrected chi connectivity index (χ3v) is 5.42. The summed E-state index contributed by atoms with van der Waals surface area (Å²) in [7, 11) is 0. The van der Waals surface area contributed by atoms with Gasteiger partial charge >= 0.3 is 0 Å². The highest BCUT2D eigenvalue weighted by Gasteiger charge is 2.46. The highest BCUT2D eigenvalue weighted by atomic mass is 19.1. The largest absolute Gasteiger partial charge is 0.368 e. The van der Waals surface area contributed by atoms with Crippen LogP contribution in [0.5, 0.6) is 0 Å². The number of nitro groups is 1. The Balaban J connectivity index is 1.32. The van der Waals surface area contributed by atoms with Crippen molar-refractivity contribution < 1.29 is 14.1 Å². The molecule has 2 atom stereocenters. The smallest absolute Gasteiger partial charge is 0.269 e. The van der Waals surface area contributed by atoms with Crippen LogP contribution in [0.15, 0.2) is 48.5 Å². The Labute approximate surface area is 156 Å². The van der Waals surface area contributed by atoms with E-state index < -0.39 is 4.92 Å². The zero-order chi connectivity index (χ0) is 19.0. The SMILES string of the molecule is O=C(C1CC1c1ccc(F)cc1)N1CCN(c2ccc([N+](=O)[O-])cc2)CC1. The number of non-ortho nitro benzene ring substituents is 1. The summed E-state index contributed by atoms with van der Waals surface area (Å²) in [6, 6.07) is 12.9. The fourth-order valence-electron chi connectivity index (χ4n) is 3.75. The lowest BCUT2D eigenvalue weighted by molar-refractivity contribution is -0.384. The summed E-state index contributed by atoms with van der Waals surface area (Å²) in [4.78, 5) is 27.1. The molecule has 2 aliphatic rings. The van der Waals surface area contributed by atoms with Crippen molar-refractivity contribution in [1.82, 2.24) is 4.90 Å². The van der Waals surface area contributed by atoms with Crippen molar-refractivity contribution in [3.05, 3.63) is 70.0 Å². The summed E-state index contributed by atoms with van der Waals surface area (Å²) < 4.78 is 13.0. The second-order valence-electron chi connectivity index (χ2n) is 7.09. The molecule has 0 spiro atoms. The quantitative estimate of drug-likeness (QED) is 0.613. The van der Waals surface area contributed by atoms with Gasteiger partial charge in [0.15, 0.2) is 0 Å². The average molecular weight is 369 g/mol. The Hall–Kier alpha value is -2.96. The maximum atomic E-state index is 13.0. The van der Waals surface area contributed by atoms with E-state index in [9.17, 15) is 19.3 Å².